The van der Waals surface area contributed by atoms with E-state index in [1.165, 1.54) is 19.2 Å². The molecule has 0 saturated carbocycles. The normalized spacial score (nSPS) is 14.0. The van der Waals surface area contributed by atoms with Crippen molar-refractivity contribution in [1.29, 1.82) is 0 Å². The lowest BCUT2D eigenvalue weighted by atomic mass is 10.1. The van der Waals surface area contributed by atoms with Crippen molar-refractivity contribution in [3.63, 3.8) is 0 Å². The molecule has 0 atom stereocenters. The maximum atomic E-state index is 13.2. The van der Waals surface area contributed by atoms with Gasteiger partial charge in [-0.2, -0.15) is 13.2 Å². The Morgan fingerprint density at radius 1 is 0.973 bits per heavy atom. The number of ether oxygens (including phenoxy) is 2. The zero-order chi connectivity index (χ0) is 26.7. The zero-order valence-corrected chi connectivity index (χ0v) is 21.2. The molecule has 37 heavy (non-hydrogen) atoms. The molecule has 1 aromatic heterocycles. The number of aromatic nitrogens is 2. The lowest BCUT2D eigenvalue weighted by molar-refractivity contribution is -0.137. The molecule has 10 heteroatoms. The number of aryl methyl sites for hydroxylation is 1. The van der Waals surface area contributed by atoms with Crippen LogP contribution in [-0.2, 0) is 12.6 Å². The van der Waals surface area contributed by atoms with E-state index in [2.05, 4.69) is 9.88 Å². The number of nitrogens with zero attached hydrogens (tertiary/aromatic N) is 4. The lowest BCUT2D eigenvalue weighted by Crippen LogP contribution is -2.49. The van der Waals surface area contributed by atoms with Crippen LogP contribution < -0.4 is 14.4 Å². The number of hydrogen-bond acceptors (Lipinski definition) is 6. The minimum absolute atomic E-state index is 0.126. The van der Waals surface area contributed by atoms with Crippen LogP contribution in [0.15, 0.2) is 42.5 Å². The second-order valence-electron chi connectivity index (χ2n) is 8.71. The summed E-state index contributed by atoms with van der Waals surface area (Å²) >= 11 is 0. The first kappa shape index (κ1) is 26.2. The van der Waals surface area contributed by atoms with Gasteiger partial charge in [0, 0.05) is 49.1 Å². The Morgan fingerprint density at radius 3 is 2.22 bits per heavy atom. The minimum Gasteiger partial charge on any atom is -0.497 e. The van der Waals surface area contributed by atoms with Crippen LogP contribution in [0.4, 0.5) is 19.0 Å². The topological polar surface area (TPSA) is 67.8 Å². The van der Waals surface area contributed by atoms with Crippen LogP contribution in [-0.4, -0.2) is 61.2 Å². The second kappa shape index (κ2) is 10.7. The number of carbonyl (C=O) groups is 1. The van der Waals surface area contributed by atoms with Crippen molar-refractivity contribution in [2.45, 2.75) is 26.4 Å². The van der Waals surface area contributed by atoms with Crippen LogP contribution in [0, 0.1) is 6.92 Å². The third-order valence-corrected chi connectivity index (χ3v) is 6.52. The van der Waals surface area contributed by atoms with Crippen LogP contribution in [0.25, 0.3) is 11.4 Å². The van der Waals surface area contributed by atoms with Crippen molar-refractivity contribution in [3.05, 3.63) is 64.8 Å². The molecule has 2 aromatic carbocycles. The molecule has 0 unspecified atom stereocenters. The van der Waals surface area contributed by atoms with Crippen molar-refractivity contribution < 1.29 is 27.4 Å². The molecule has 0 spiro atoms. The summed E-state index contributed by atoms with van der Waals surface area (Å²) in [6, 6.07) is 9.98. The summed E-state index contributed by atoms with van der Waals surface area (Å²) < 4.78 is 49.6. The fourth-order valence-corrected chi connectivity index (χ4v) is 4.46. The van der Waals surface area contributed by atoms with Gasteiger partial charge in [-0.05, 0) is 37.6 Å². The van der Waals surface area contributed by atoms with Gasteiger partial charge in [0.05, 0.1) is 25.3 Å². The largest absolute Gasteiger partial charge is 0.497 e. The number of benzene rings is 2. The summed E-state index contributed by atoms with van der Waals surface area (Å²) in [4.78, 5) is 26.4. The lowest BCUT2D eigenvalue weighted by Gasteiger charge is -2.36. The Bertz CT molecular complexity index is 1270. The smallest absolute Gasteiger partial charge is 0.416 e. The molecule has 0 bridgehead atoms. The van der Waals surface area contributed by atoms with Crippen LogP contribution in [0.5, 0.6) is 11.5 Å². The summed E-state index contributed by atoms with van der Waals surface area (Å²) in [7, 11) is 3.07. The van der Waals surface area contributed by atoms with Gasteiger partial charge in [0.15, 0.2) is 5.82 Å². The average molecular weight is 515 g/mol. The summed E-state index contributed by atoms with van der Waals surface area (Å²) in [6.07, 6.45) is -3.70. The highest BCUT2D eigenvalue weighted by atomic mass is 19.4. The average Bonchev–Trinajstić information content (AvgIpc) is 2.91. The first-order valence-electron chi connectivity index (χ1n) is 12.0. The van der Waals surface area contributed by atoms with Gasteiger partial charge in [-0.3, -0.25) is 4.79 Å². The Balaban J connectivity index is 1.55. The van der Waals surface area contributed by atoms with E-state index < -0.39 is 11.7 Å². The fraction of sp³-hybridized carbons (Fsp3) is 0.370. The molecule has 3 aromatic rings. The second-order valence-corrected chi connectivity index (χ2v) is 8.71. The molecule has 1 aliphatic rings. The molecule has 196 valence electrons. The quantitative estimate of drug-likeness (QED) is 0.461. The Kier molecular flexibility index (Phi) is 7.56. The molecule has 7 nitrogen and oxygen atoms in total. The Hall–Kier alpha value is -3.82. The third kappa shape index (κ3) is 5.47. The number of piperazine rings is 1. The van der Waals surface area contributed by atoms with E-state index in [1.54, 1.807) is 30.2 Å². The van der Waals surface area contributed by atoms with E-state index in [-0.39, 0.29) is 5.91 Å². The van der Waals surface area contributed by atoms with E-state index in [4.69, 9.17) is 14.5 Å². The summed E-state index contributed by atoms with van der Waals surface area (Å²) in [5, 5.41) is 0. The summed E-state index contributed by atoms with van der Waals surface area (Å²) in [6.45, 7) is 5.97. The van der Waals surface area contributed by atoms with Gasteiger partial charge in [-0.25, -0.2) is 9.97 Å². The van der Waals surface area contributed by atoms with E-state index >= 15 is 0 Å². The number of halogens is 3. The molecule has 1 saturated heterocycles. The number of anilines is 1. The maximum Gasteiger partial charge on any atom is 0.416 e. The van der Waals surface area contributed by atoms with Crippen molar-refractivity contribution in [1.82, 2.24) is 14.9 Å². The maximum absolute atomic E-state index is 13.2. The molecule has 0 aliphatic carbocycles. The fourth-order valence-electron chi connectivity index (χ4n) is 4.46. The molecule has 0 N–H and O–H groups in total. The SMILES string of the molecule is CCc1c(C)nc(-c2ccc(C(F)(F)F)cc2)nc1N1CCN(C(=O)c2ccc(OC)cc2OC)CC1. The molecule has 1 fully saturated rings. The van der Waals surface area contributed by atoms with Gasteiger partial charge in [0.2, 0.25) is 0 Å². The highest BCUT2D eigenvalue weighted by Gasteiger charge is 2.30. The van der Waals surface area contributed by atoms with Crippen LogP contribution in [0.3, 0.4) is 0 Å². The molecule has 1 aliphatic heterocycles. The van der Waals surface area contributed by atoms with Gasteiger partial charge in [-0.1, -0.05) is 19.1 Å². The van der Waals surface area contributed by atoms with Gasteiger partial charge < -0.3 is 19.3 Å². The number of amides is 1. The Labute approximate surface area is 213 Å². The van der Waals surface area contributed by atoms with Crippen molar-refractivity contribution >= 4 is 11.7 Å². The monoisotopic (exact) mass is 514 g/mol. The highest BCUT2D eigenvalue weighted by Crippen LogP contribution is 2.32. The predicted octanol–water partition coefficient (Wildman–Crippen LogP) is 5.01. The molecule has 4 rings (SSSR count). The minimum atomic E-state index is -4.40. The summed E-state index contributed by atoms with van der Waals surface area (Å²) in [5.41, 5.74) is 2.03. The standard InChI is InChI=1S/C27H29F3N4O3/c1-5-21-17(2)31-24(18-6-8-19(9-7-18)27(28,29)30)32-25(21)33-12-14-34(15-13-33)26(35)22-11-10-20(36-3)16-23(22)37-4/h6-11,16H,5,12-15H2,1-4H3. The first-order valence-corrected chi connectivity index (χ1v) is 12.0. The zero-order valence-electron chi connectivity index (χ0n) is 21.2. The van der Waals surface area contributed by atoms with Crippen molar-refractivity contribution in [2.24, 2.45) is 0 Å². The molecular formula is C27H29F3N4O3. The highest BCUT2D eigenvalue weighted by molar-refractivity contribution is 5.97. The number of methoxy groups -OCH3 is 2. The van der Waals surface area contributed by atoms with E-state index in [9.17, 15) is 18.0 Å². The summed E-state index contributed by atoms with van der Waals surface area (Å²) in [5.74, 6) is 2.05. The van der Waals surface area contributed by atoms with E-state index in [0.29, 0.717) is 61.1 Å². The first-order chi connectivity index (χ1) is 17.7. The van der Waals surface area contributed by atoms with Crippen LogP contribution in [0.1, 0.15) is 34.1 Å². The predicted molar refractivity (Wildman–Crippen MR) is 134 cm³/mol. The third-order valence-electron chi connectivity index (χ3n) is 6.52. The van der Waals surface area contributed by atoms with Gasteiger partial charge in [0.25, 0.3) is 5.91 Å². The van der Waals surface area contributed by atoms with Crippen LogP contribution >= 0.6 is 0 Å². The molecule has 2 heterocycles. The number of rotatable bonds is 6. The number of hydrogen-bond donors (Lipinski definition) is 0. The van der Waals surface area contributed by atoms with E-state index in [1.807, 2.05) is 13.8 Å². The van der Waals surface area contributed by atoms with E-state index in [0.717, 1.165) is 29.2 Å². The van der Waals surface area contributed by atoms with Gasteiger partial charge in [-0.15, -0.1) is 0 Å². The molecule has 0 radical (unpaired) electrons. The van der Waals surface area contributed by atoms with Crippen molar-refractivity contribution in [2.75, 3.05) is 45.3 Å². The number of alkyl halides is 3. The molecular weight excluding hydrogens is 485 g/mol. The van der Waals surface area contributed by atoms with Gasteiger partial charge >= 0.3 is 6.18 Å². The van der Waals surface area contributed by atoms with Crippen LogP contribution in [0.2, 0.25) is 0 Å². The Morgan fingerprint density at radius 2 is 1.65 bits per heavy atom. The van der Waals surface area contributed by atoms with Crippen molar-refractivity contribution in [3.8, 4) is 22.9 Å². The number of carbonyl (C=O) groups excluding carboxylic acids is 1. The molecule has 1 amide bonds. The van der Waals surface area contributed by atoms with Gasteiger partial charge in [0.1, 0.15) is 17.3 Å².